The van der Waals surface area contributed by atoms with Crippen LogP contribution in [0.3, 0.4) is 0 Å². The highest BCUT2D eigenvalue weighted by Crippen LogP contribution is 2.38. The maximum atomic E-state index is 5.76. The fourth-order valence-electron chi connectivity index (χ4n) is 2.63. The summed E-state index contributed by atoms with van der Waals surface area (Å²) in [5.41, 5.74) is 1.48. The highest BCUT2D eigenvalue weighted by atomic mass is 32.2. The second-order valence-electron chi connectivity index (χ2n) is 6.22. The Kier molecular flexibility index (Phi) is 4.01. The summed E-state index contributed by atoms with van der Waals surface area (Å²) in [6.45, 7) is 6.19. The van der Waals surface area contributed by atoms with Crippen molar-refractivity contribution in [2.24, 2.45) is 5.41 Å². The van der Waals surface area contributed by atoms with E-state index >= 15 is 0 Å². The number of hydrogen-bond donors (Lipinski definition) is 1. The minimum absolute atomic E-state index is 0.343. The molecule has 3 rings (SSSR count). The van der Waals surface area contributed by atoms with Crippen LogP contribution in [0.4, 0.5) is 5.69 Å². The Bertz CT molecular complexity index is 476. The normalized spacial score (nSPS) is 24.8. The maximum absolute atomic E-state index is 5.76. The van der Waals surface area contributed by atoms with Crippen molar-refractivity contribution >= 4 is 17.4 Å². The fraction of sp³-hybridized carbons (Fsp3) is 0.625. The van der Waals surface area contributed by atoms with Crippen LogP contribution >= 0.6 is 11.8 Å². The summed E-state index contributed by atoms with van der Waals surface area (Å²) in [5, 5.41) is 3.69. The maximum Gasteiger partial charge on any atom is 0.163 e. The molecule has 1 N–H and O–H groups in total. The van der Waals surface area contributed by atoms with Gasteiger partial charge < -0.3 is 14.8 Å². The van der Waals surface area contributed by atoms with Crippen LogP contribution in [0.25, 0.3) is 0 Å². The largest absolute Gasteiger partial charge is 0.490 e. The summed E-state index contributed by atoms with van der Waals surface area (Å²) in [5.74, 6) is 4.17. The zero-order valence-electron chi connectivity index (χ0n) is 12.3. The number of thioether (sulfide) groups is 1. The molecule has 1 saturated heterocycles. The van der Waals surface area contributed by atoms with E-state index in [1.54, 1.807) is 0 Å². The van der Waals surface area contributed by atoms with Crippen LogP contribution < -0.4 is 14.8 Å². The van der Waals surface area contributed by atoms with Gasteiger partial charge in [-0.05, 0) is 29.7 Å². The van der Waals surface area contributed by atoms with Crippen molar-refractivity contribution < 1.29 is 9.47 Å². The van der Waals surface area contributed by atoms with E-state index < -0.39 is 0 Å². The monoisotopic (exact) mass is 293 g/mol. The van der Waals surface area contributed by atoms with Crippen molar-refractivity contribution in [1.82, 2.24) is 0 Å². The minimum atomic E-state index is 0.343. The van der Waals surface area contributed by atoms with Crippen LogP contribution in [-0.2, 0) is 0 Å². The lowest BCUT2D eigenvalue weighted by molar-refractivity contribution is 0.296. The van der Waals surface area contributed by atoms with E-state index in [-0.39, 0.29) is 0 Å². The first-order valence-electron chi connectivity index (χ1n) is 7.39. The first kappa shape index (κ1) is 13.9. The molecule has 2 aliphatic heterocycles. The van der Waals surface area contributed by atoms with Crippen LogP contribution in [0.1, 0.15) is 26.7 Å². The van der Waals surface area contributed by atoms with Crippen molar-refractivity contribution in [2.75, 3.05) is 30.0 Å². The molecule has 0 aromatic heterocycles. The van der Waals surface area contributed by atoms with Gasteiger partial charge in [-0.3, -0.25) is 0 Å². The average molecular weight is 293 g/mol. The molecule has 1 aromatic carbocycles. The lowest BCUT2D eigenvalue weighted by Gasteiger charge is -2.39. The molecule has 1 fully saturated rings. The molecule has 2 heterocycles. The smallest absolute Gasteiger partial charge is 0.163 e. The first-order valence-corrected chi connectivity index (χ1v) is 8.54. The first-order chi connectivity index (χ1) is 9.65. The Balaban J connectivity index is 1.76. The highest BCUT2D eigenvalue weighted by Gasteiger charge is 2.32. The predicted octanol–water partition coefficient (Wildman–Crippen LogP) is 3.79. The van der Waals surface area contributed by atoms with E-state index in [4.69, 9.17) is 9.47 Å². The van der Waals surface area contributed by atoms with Gasteiger partial charge in [0, 0.05) is 30.0 Å². The molecule has 0 aliphatic carbocycles. The fourth-order valence-corrected chi connectivity index (χ4v) is 4.23. The summed E-state index contributed by atoms with van der Waals surface area (Å²) in [6.07, 6.45) is 2.21. The third kappa shape index (κ3) is 3.00. The van der Waals surface area contributed by atoms with Crippen molar-refractivity contribution in [3.05, 3.63) is 18.2 Å². The van der Waals surface area contributed by atoms with Crippen LogP contribution in [0, 0.1) is 5.41 Å². The predicted molar refractivity (Wildman–Crippen MR) is 85.2 cm³/mol. The molecule has 1 atom stereocenters. The van der Waals surface area contributed by atoms with Gasteiger partial charge in [0.15, 0.2) is 11.5 Å². The molecule has 0 amide bonds. The molecule has 1 unspecified atom stereocenters. The molecular weight excluding hydrogens is 270 g/mol. The molecule has 1 aromatic rings. The Hall–Kier alpha value is -1.03. The lowest BCUT2D eigenvalue weighted by atomic mass is 9.82. The number of rotatable bonds is 2. The average Bonchev–Trinajstić information content (AvgIpc) is 2.66. The third-order valence-corrected chi connectivity index (χ3v) is 5.27. The molecule has 3 nitrogen and oxygen atoms in total. The summed E-state index contributed by atoms with van der Waals surface area (Å²) in [4.78, 5) is 0. The molecule has 0 radical (unpaired) electrons. The van der Waals surface area contributed by atoms with Crippen molar-refractivity contribution in [3.8, 4) is 11.5 Å². The SMILES string of the molecule is CC1(C)CCSCC1Nc1ccc2c(c1)OCCCO2. The third-order valence-electron chi connectivity index (χ3n) is 4.21. The van der Waals surface area contributed by atoms with Crippen LogP contribution in [0.2, 0.25) is 0 Å². The zero-order valence-corrected chi connectivity index (χ0v) is 13.1. The molecule has 0 saturated carbocycles. The zero-order chi connectivity index (χ0) is 14.0. The number of benzene rings is 1. The lowest BCUT2D eigenvalue weighted by Crippen LogP contribution is -2.41. The van der Waals surface area contributed by atoms with Crippen molar-refractivity contribution in [3.63, 3.8) is 0 Å². The van der Waals surface area contributed by atoms with Gasteiger partial charge in [-0.15, -0.1) is 0 Å². The van der Waals surface area contributed by atoms with Gasteiger partial charge in [0.1, 0.15) is 0 Å². The Morgan fingerprint density at radius 1 is 1.20 bits per heavy atom. The van der Waals surface area contributed by atoms with E-state index in [1.807, 2.05) is 17.8 Å². The van der Waals surface area contributed by atoms with Gasteiger partial charge in [0.05, 0.1) is 13.2 Å². The molecule has 0 bridgehead atoms. The Morgan fingerprint density at radius 2 is 2.00 bits per heavy atom. The summed E-state index contributed by atoms with van der Waals surface area (Å²) < 4.78 is 11.4. The van der Waals surface area contributed by atoms with Crippen LogP contribution in [0.5, 0.6) is 11.5 Å². The second kappa shape index (κ2) is 5.76. The number of fused-ring (bicyclic) bond motifs is 1. The Labute approximate surface area is 125 Å². The molecule has 0 spiro atoms. The van der Waals surface area contributed by atoms with E-state index in [9.17, 15) is 0 Å². The van der Waals surface area contributed by atoms with Crippen LogP contribution in [0.15, 0.2) is 18.2 Å². The van der Waals surface area contributed by atoms with Gasteiger partial charge in [0.25, 0.3) is 0 Å². The summed E-state index contributed by atoms with van der Waals surface area (Å²) in [6, 6.07) is 6.70. The standard InChI is InChI=1S/C16H23NO2S/c1-16(2)6-9-20-11-15(16)17-12-4-5-13-14(10-12)19-8-3-7-18-13/h4-5,10,15,17H,3,6-9,11H2,1-2H3. The van der Waals surface area contributed by atoms with Gasteiger partial charge in [-0.1, -0.05) is 13.8 Å². The topological polar surface area (TPSA) is 30.5 Å². The second-order valence-corrected chi connectivity index (χ2v) is 7.37. The Morgan fingerprint density at radius 3 is 2.80 bits per heavy atom. The number of ether oxygens (including phenoxy) is 2. The van der Waals surface area contributed by atoms with E-state index in [2.05, 4.69) is 31.3 Å². The quantitative estimate of drug-likeness (QED) is 0.898. The van der Waals surface area contributed by atoms with Crippen LogP contribution in [-0.4, -0.2) is 30.8 Å². The van der Waals surface area contributed by atoms with E-state index in [0.717, 1.165) is 36.8 Å². The van der Waals surface area contributed by atoms with Gasteiger partial charge >= 0.3 is 0 Å². The molecule has 4 heteroatoms. The molecule has 2 aliphatic rings. The van der Waals surface area contributed by atoms with E-state index in [1.165, 1.54) is 17.9 Å². The van der Waals surface area contributed by atoms with Gasteiger partial charge in [-0.2, -0.15) is 11.8 Å². The number of nitrogens with one attached hydrogen (secondary N) is 1. The molecule has 110 valence electrons. The summed E-state index contributed by atoms with van der Waals surface area (Å²) >= 11 is 2.04. The highest BCUT2D eigenvalue weighted by molar-refractivity contribution is 7.99. The number of anilines is 1. The van der Waals surface area contributed by atoms with Crippen molar-refractivity contribution in [2.45, 2.75) is 32.7 Å². The molecular formula is C16H23NO2S. The molecule has 20 heavy (non-hydrogen) atoms. The van der Waals surface area contributed by atoms with Crippen molar-refractivity contribution in [1.29, 1.82) is 0 Å². The van der Waals surface area contributed by atoms with Gasteiger partial charge in [0.2, 0.25) is 0 Å². The summed E-state index contributed by atoms with van der Waals surface area (Å²) in [7, 11) is 0. The number of hydrogen-bond acceptors (Lipinski definition) is 4. The van der Waals surface area contributed by atoms with E-state index in [0.29, 0.717) is 11.5 Å². The minimum Gasteiger partial charge on any atom is -0.490 e. The van der Waals surface area contributed by atoms with Gasteiger partial charge in [-0.25, -0.2) is 0 Å².